The number of guanidine groups is 1. The molecule has 8 nitrogen and oxygen atoms in total. The zero-order valence-corrected chi connectivity index (χ0v) is 20.0. The van der Waals surface area contributed by atoms with E-state index in [1.807, 2.05) is 30.5 Å². The molecule has 4 N–H and O–H groups in total. The second-order valence-electron chi connectivity index (χ2n) is 9.41. The lowest BCUT2D eigenvalue weighted by Crippen LogP contribution is -2.64. The number of fused-ring (bicyclic) bond motifs is 1. The quantitative estimate of drug-likeness (QED) is 0.493. The Labute approximate surface area is 204 Å². The van der Waals surface area contributed by atoms with E-state index in [0.717, 1.165) is 43.0 Å². The Morgan fingerprint density at radius 3 is 2.69 bits per heavy atom. The molecule has 0 amide bonds. The van der Waals surface area contributed by atoms with Gasteiger partial charge in [-0.05, 0) is 48.6 Å². The summed E-state index contributed by atoms with van der Waals surface area (Å²) in [6, 6.07) is 14.0. The van der Waals surface area contributed by atoms with Gasteiger partial charge >= 0.3 is 0 Å². The minimum Gasteiger partial charge on any atom is -0.457 e. The molecule has 0 saturated carbocycles. The zero-order chi connectivity index (χ0) is 24.4. The lowest BCUT2D eigenvalue weighted by Gasteiger charge is -2.38. The van der Waals surface area contributed by atoms with Crippen molar-refractivity contribution in [2.24, 2.45) is 10.7 Å². The number of benzene rings is 2. The van der Waals surface area contributed by atoms with E-state index in [4.69, 9.17) is 20.2 Å². The molecule has 0 aliphatic carbocycles. The van der Waals surface area contributed by atoms with Gasteiger partial charge < -0.3 is 20.1 Å². The number of nitrogens with one attached hydrogen (secondary N) is 2. The fraction of sp³-hybridized carbons (Fsp3) is 0.385. The maximum Gasteiger partial charge on any atom is 0.201 e. The van der Waals surface area contributed by atoms with Crippen molar-refractivity contribution in [3.05, 3.63) is 71.7 Å². The van der Waals surface area contributed by atoms with Crippen LogP contribution in [0.15, 0.2) is 59.7 Å². The summed E-state index contributed by atoms with van der Waals surface area (Å²) in [5.41, 5.74) is 9.00. The highest BCUT2D eigenvalue weighted by Gasteiger charge is 2.37. The van der Waals surface area contributed by atoms with Crippen molar-refractivity contribution in [3.63, 3.8) is 0 Å². The molecule has 1 fully saturated rings. The van der Waals surface area contributed by atoms with Gasteiger partial charge in [-0.25, -0.2) is 9.07 Å². The molecule has 0 radical (unpaired) electrons. The van der Waals surface area contributed by atoms with Crippen LogP contribution in [0, 0.1) is 5.82 Å². The summed E-state index contributed by atoms with van der Waals surface area (Å²) < 4.78 is 26.5. The first-order chi connectivity index (χ1) is 16.9. The number of halogens is 1. The third kappa shape index (κ3) is 5.16. The Balaban J connectivity index is 1.37. The van der Waals surface area contributed by atoms with E-state index in [9.17, 15) is 4.39 Å². The molecule has 0 spiro atoms. The van der Waals surface area contributed by atoms with Crippen LogP contribution in [0.3, 0.4) is 0 Å². The predicted octanol–water partition coefficient (Wildman–Crippen LogP) is 4.11. The van der Waals surface area contributed by atoms with Crippen LogP contribution in [-0.4, -0.2) is 35.0 Å². The van der Waals surface area contributed by atoms with Gasteiger partial charge in [0.05, 0.1) is 6.20 Å². The average Bonchev–Trinajstić information content (AvgIpc) is 3.26. The van der Waals surface area contributed by atoms with Gasteiger partial charge in [0.15, 0.2) is 11.6 Å². The van der Waals surface area contributed by atoms with E-state index in [0.29, 0.717) is 23.9 Å². The maximum atomic E-state index is 13.5. The summed E-state index contributed by atoms with van der Waals surface area (Å²) in [6.45, 7) is 5.71. The Kier molecular flexibility index (Phi) is 6.44. The highest BCUT2D eigenvalue weighted by Crippen LogP contribution is 2.33. The molecule has 3 heterocycles. The molecule has 2 aliphatic heterocycles. The van der Waals surface area contributed by atoms with E-state index >= 15 is 0 Å². The molecule has 0 bridgehead atoms. The third-order valence-electron chi connectivity index (χ3n) is 6.31. The predicted molar refractivity (Wildman–Crippen MR) is 132 cm³/mol. The number of aromatic nitrogens is 2. The molecule has 1 unspecified atom stereocenters. The van der Waals surface area contributed by atoms with Crippen LogP contribution in [0.1, 0.15) is 43.7 Å². The summed E-state index contributed by atoms with van der Waals surface area (Å²) in [7, 11) is 0. The summed E-state index contributed by atoms with van der Waals surface area (Å²) in [5.74, 6) is 1.39. The fourth-order valence-electron chi connectivity index (χ4n) is 4.43. The highest BCUT2D eigenvalue weighted by atomic mass is 19.1. The van der Waals surface area contributed by atoms with Crippen molar-refractivity contribution >= 4 is 11.8 Å². The van der Waals surface area contributed by atoms with E-state index in [1.165, 1.54) is 12.1 Å². The fourth-order valence-corrected chi connectivity index (χ4v) is 4.43. The SMILES string of the molecule is CC(C)c1cnn2c1N=C(NC1CCOCC1)NC2(N)Cc1ccc(Oc2cccc(F)c2)cc1. The van der Waals surface area contributed by atoms with Gasteiger partial charge in [-0.15, -0.1) is 0 Å². The number of nitrogens with two attached hydrogens (primary N) is 1. The summed E-state index contributed by atoms with van der Waals surface area (Å²) >= 11 is 0. The lowest BCUT2D eigenvalue weighted by molar-refractivity contribution is 0.0817. The van der Waals surface area contributed by atoms with Crippen molar-refractivity contribution in [2.45, 2.75) is 50.9 Å². The molecule has 5 rings (SSSR count). The van der Waals surface area contributed by atoms with Crippen LogP contribution in [0.2, 0.25) is 0 Å². The van der Waals surface area contributed by atoms with Crippen LogP contribution >= 0.6 is 0 Å². The summed E-state index contributed by atoms with van der Waals surface area (Å²) in [6.07, 6.45) is 4.15. The Morgan fingerprint density at radius 1 is 1.20 bits per heavy atom. The number of aliphatic imine (C=N–C) groups is 1. The number of hydrogen-bond acceptors (Lipinski definition) is 7. The molecule has 35 heavy (non-hydrogen) atoms. The Hall–Kier alpha value is -3.43. The highest BCUT2D eigenvalue weighted by molar-refractivity contribution is 5.84. The Bertz CT molecular complexity index is 1200. The van der Waals surface area contributed by atoms with Crippen molar-refractivity contribution in [2.75, 3.05) is 13.2 Å². The van der Waals surface area contributed by atoms with Gasteiger partial charge in [0.25, 0.3) is 0 Å². The van der Waals surface area contributed by atoms with Gasteiger partial charge in [-0.2, -0.15) is 10.1 Å². The van der Waals surface area contributed by atoms with E-state index in [2.05, 4.69) is 29.6 Å². The standard InChI is InChI=1S/C26H31FN6O2/c1-17(2)23-16-29-33-24(23)31-25(30-20-10-12-34-13-11-20)32-26(33,28)15-18-6-8-21(9-7-18)35-22-5-3-4-19(27)14-22/h3-9,14,16-17,20H,10-13,15,28H2,1-2H3,(H2,30,31,32). The number of rotatable bonds is 6. The van der Waals surface area contributed by atoms with Crippen LogP contribution in [0.25, 0.3) is 0 Å². The monoisotopic (exact) mass is 478 g/mol. The van der Waals surface area contributed by atoms with Gasteiger partial charge in [0, 0.05) is 37.3 Å². The van der Waals surface area contributed by atoms with Gasteiger partial charge in [0.2, 0.25) is 5.96 Å². The topological polar surface area (TPSA) is 98.7 Å². The largest absolute Gasteiger partial charge is 0.457 e. The summed E-state index contributed by atoms with van der Waals surface area (Å²) in [5, 5.41) is 11.5. The number of hydrogen-bond donors (Lipinski definition) is 3. The van der Waals surface area contributed by atoms with Crippen LogP contribution in [0.4, 0.5) is 10.2 Å². The number of nitrogens with zero attached hydrogens (tertiary/aromatic N) is 3. The lowest BCUT2D eigenvalue weighted by atomic mass is 10.0. The van der Waals surface area contributed by atoms with Crippen LogP contribution < -0.4 is 21.1 Å². The molecule has 1 aromatic heterocycles. The first-order valence-electron chi connectivity index (χ1n) is 12.0. The molecule has 3 aromatic rings. The first kappa shape index (κ1) is 23.3. The Morgan fingerprint density at radius 2 is 1.97 bits per heavy atom. The van der Waals surface area contributed by atoms with Crippen LogP contribution in [-0.2, 0) is 16.9 Å². The molecular formula is C26H31FN6O2. The molecule has 1 saturated heterocycles. The molecule has 184 valence electrons. The average molecular weight is 479 g/mol. The third-order valence-corrected chi connectivity index (χ3v) is 6.31. The van der Waals surface area contributed by atoms with E-state index < -0.39 is 5.79 Å². The maximum absolute atomic E-state index is 13.5. The second kappa shape index (κ2) is 9.67. The molecule has 9 heteroatoms. The second-order valence-corrected chi connectivity index (χ2v) is 9.41. The van der Waals surface area contributed by atoms with Gasteiger partial charge in [-0.1, -0.05) is 32.0 Å². The van der Waals surface area contributed by atoms with Crippen LogP contribution in [0.5, 0.6) is 11.5 Å². The minimum atomic E-state index is -1.01. The zero-order valence-electron chi connectivity index (χ0n) is 20.0. The smallest absolute Gasteiger partial charge is 0.201 e. The first-order valence-corrected chi connectivity index (χ1v) is 12.0. The van der Waals surface area contributed by atoms with Crippen molar-refractivity contribution in [1.82, 2.24) is 20.4 Å². The van der Waals surface area contributed by atoms with E-state index in [-0.39, 0.29) is 17.8 Å². The molecule has 2 aliphatic rings. The van der Waals surface area contributed by atoms with Gasteiger partial charge in [0.1, 0.15) is 17.3 Å². The molecular weight excluding hydrogens is 447 g/mol. The van der Waals surface area contributed by atoms with Crippen molar-refractivity contribution < 1.29 is 13.9 Å². The van der Waals surface area contributed by atoms with Crippen molar-refractivity contribution in [1.29, 1.82) is 0 Å². The summed E-state index contributed by atoms with van der Waals surface area (Å²) in [4.78, 5) is 4.85. The minimum absolute atomic E-state index is 0.258. The van der Waals surface area contributed by atoms with Gasteiger partial charge in [-0.3, -0.25) is 5.73 Å². The normalized spacial score (nSPS) is 20.2. The number of ether oxygens (including phenoxy) is 2. The van der Waals surface area contributed by atoms with Crippen molar-refractivity contribution in [3.8, 4) is 11.5 Å². The van der Waals surface area contributed by atoms with E-state index in [1.54, 1.807) is 16.8 Å². The molecule has 2 aromatic carbocycles. The molecule has 1 atom stereocenters.